The zero-order chi connectivity index (χ0) is 8.91. The highest BCUT2D eigenvalue weighted by Gasteiger charge is 2.23. The third-order valence-electron chi connectivity index (χ3n) is 1.63. The molecule has 3 heteroatoms. The number of methoxy groups -OCH3 is 1. The van der Waals surface area contributed by atoms with Crippen LogP contribution in [0.15, 0.2) is 12.2 Å². The van der Waals surface area contributed by atoms with Crippen LogP contribution in [-0.4, -0.2) is 18.2 Å². The van der Waals surface area contributed by atoms with E-state index in [0.717, 1.165) is 12.0 Å². The lowest BCUT2D eigenvalue weighted by Crippen LogP contribution is -2.29. The van der Waals surface area contributed by atoms with Gasteiger partial charge in [-0.3, -0.25) is 0 Å². The summed E-state index contributed by atoms with van der Waals surface area (Å²) in [6.07, 6.45) is 1.39. The second-order valence-electron chi connectivity index (χ2n) is 2.89. The highest BCUT2D eigenvalue weighted by Crippen LogP contribution is 2.19. The summed E-state index contributed by atoms with van der Waals surface area (Å²) in [4.78, 5) is 4.17. The summed E-state index contributed by atoms with van der Waals surface area (Å²) in [7, 11) is 1.49. The molecular weight excluding hydrogens is 144 g/mol. The molecule has 0 saturated heterocycles. The predicted molar refractivity (Wildman–Crippen MR) is 43.2 cm³/mol. The molecule has 3 nitrogen and oxygen atoms in total. The van der Waals surface area contributed by atoms with Crippen LogP contribution in [0.3, 0.4) is 0 Å². The molecule has 0 radical (unpaired) electrons. The molecule has 0 saturated carbocycles. The molecule has 0 aliphatic rings. The Balaban J connectivity index is 3.78. The van der Waals surface area contributed by atoms with Gasteiger partial charge in [-0.25, -0.2) is 10.1 Å². The first-order chi connectivity index (χ1) is 5.04. The number of ether oxygens (including phenoxy) is 1. The van der Waals surface area contributed by atoms with E-state index in [9.17, 15) is 0 Å². The number of allylic oxidation sites excluding steroid dienone is 1. The molecule has 0 heterocycles. The second-order valence-corrected chi connectivity index (χ2v) is 2.89. The van der Waals surface area contributed by atoms with E-state index in [1.54, 1.807) is 6.92 Å². The van der Waals surface area contributed by atoms with Crippen molar-refractivity contribution < 1.29 is 14.9 Å². The van der Waals surface area contributed by atoms with Gasteiger partial charge >= 0.3 is 0 Å². The fourth-order valence-corrected chi connectivity index (χ4v) is 0.625. The Bertz CT molecular complexity index is 127. The normalized spacial score (nSPS) is 16.0. The smallest absolute Gasteiger partial charge is 0.198 e. The maximum atomic E-state index is 8.44. The third kappa shape index (κ3) is 4.14. The van der Waals surface area contributed by atoms with E-state index in [-0.39, 0.29) is 0 Å². The summed E-state index contributed by atoms with van der Waals surface area (Å²) < 4.78 is 4.92. The van der Waals surface area contributed by atoms with Crippen molar-refractivity contribution in [3.8, 4) is 0 Å². The highest BCUT2D eigenvalue weighted by atomic mass is 17.1. The number of hydrogen-bond donors (Lipinski definition) is 1. The first-order valence-electron chi connectivity index (χ1n) is 3.56. The van der Waals surface area contributed by atoms with Gasteiger partial charge in [-0.05, 0) is 20.3 Å². The zero-order valence-corrected chi connectivity index (χ0v) is 7.39. The first kappa shape index (κ1) is 10.6. The Labute approximate surface area is 67.6 Å². The van der Waals surface area contributed by atoms with E-state index in [1.807, 2.05) is 6.92 Å². The molecule has 0 aromatic heterocycles. The maximum Gasteiger partial charge on any atom is 0.198 e. The van der Waals surface area contributed by atoms with Gasteiger partial charge in [-0.15, -0.1) is 6.58 Å². The summed E-state index contributed by atoms with van der Waals surface area (Å²) in [5.41, 5.74) is 1.05. The van der Waals surface area contributed by atoms with E-state index >= 15 is 0 Å². The SMILES string of the molecule is C=C(C)CCC(C)(OC)OO. The molecule has 0 aromatic rings. The largest absolute Gasteiger partial charge is 0.351 e. The van der Waals surface area contributed by atoms with Gasteiger partial charge in [-0.2, -0.15) is 0 Å². The fourth-order valence-electron chi connectivity index (χ4n) is 0.625. The average molecular weight is 160 g/mol. The lowest BCUT2D eigenvalue weighted by Gasteiger charge is -2.23. The molecule has 0 aliphatic heterocycles. The van der Waals surface area contributed by atoms with Crippen molar-refractivity contribution in [1.29, 1.82) is 0 Å². The minimum atomic E-state index is -0.890. The van der Waals surface area contributed by atoms with Crippen molar-refractivity contribution in [3.05, 3.63) is 12.2 Å². The standard InChI is InChI=1S/C8H16O3/c1-7(2)5-6-8(3,10-4)11-9/h9H,1,5-6H2,2-4H3. The fraction of sp³-hybridized carbons (Fsp3) is 0.750. The number of rotatable bonds is 5. The molecule has 1 N–H and O–H groups in total. The van der Waals surface area contributed by atoms with Crippen molar-refractivity contribution in [2.75, 3.05) is 7.11 Å². The monoisotopic (exact) mass is 160 g/mol. The molecule has 0 fully saturated rings. The summed E-state index contributed by atoms with van der Waals surface area (Å²) in [6.45, 7) is 7.33. The molecule has 0 rings (SSSR count). The Morgan fingerprint density at radius 1 is 1.64 bits per heavy atom. The van der Waals surface area contributed by atoms with Gasteiger partial charge in [0, 0.05) is 13.5 Å². The Morgan fingerprint density at radius 2 is 2.18 bits per heavy atom. The quantitative estimate of drug-likeness (QED) is 0.290. The molecule has 1 atom stereocenters. The van der Waals surface area contributed by atoms with E-state index in [4.69, 9.17) is 9.99 Å². The molecule has 1 unspecified atom stereocenters. The van der Waals surface area contributed by atoms with Gasteiger partial charge in [0.2, 0.25) is 0 Å². The number of hydrogen-bond acceptors (Lipinski definition) is 3. The van der Waals surface area contributed by atoms with Gasteiger partial charge in [0.05, 0.1) is 0 Å². The van der Waals surface area contributed by atoms with Crippen molar-refractivity contribution in [1.82, 2.24) is 0 Å². The molecule has 0 aromatic carbocycles. The lowest BCUT2D eigenvalue weighted by atomic mass is 10.1. The van der Waals surface area contributed by atoms with Crippen LogP contribution in [0, 0.1) is 0 Å². The van der Waals surface area contributed by atoms with Crippen LogP contribution in [0.4, 0.5) is 0 Å². The summed E-state index contributed by atoms with van der Waals surface area (Å²) in [5.74, 6) is -0.890. The van der Waals surface area contributed by atoms with E-state index in [0.29, 0.717) is 6.42 Å². The van der Waals surface area contributed by atoms with E-state index in [1.165, 1.54) is 7.11 Å². The first-order valence-corrected chi connectivity index (χ1v) is 3.56. The van der Waals surface area contributed by atoms with Crippen LogP contribution in [0.5, 0.6) is 0 Å². The molecule has 0 bridgehead atoms. The third-order valence-corrected chi connectivity index (χ3v) is 1.63. The molecular formula is C8H16O3. The lowest BCUT2D eigenvalue weighted by molar-refractivity contribution is -0.393. The molecule has 0 spiro atoms. The molecule has 11 heavy (non-hydrogen) atoms. The van der Waals surface area contributed by atoms with Crippen LogP contribution in [0.25, 0.3) is 0 Å². The average Bonchev–Trinajstić information content (AvgIpc) is 2.00. The highest BCUT2D eigenvalue weighted by molar-refractivity contribution is 4.89. The topological polar surface area (TPSA) is 38.7 Å². The summed E-state index contributed by atoms with van der Waals surface area (Å²) in [5, 5.41) is 8.44. The van der Waals surface area contributed by atoms with Gasteiger partial charge in [-0.1, -0.05) is 5.57 Å². The minimum absolute atomic E-state index is 0.606. The van der Waals surface area contributed by atoms with Crippen LogP contribution in [0.1, 0.15) is 26.7 Å². The van der Waals surface area contributed by atoms with Crippen LogP contribution in [-0.2, 0) is 9.62 Å². The molecule has 0 aliphatic carbocycles. The van der Waals surface area contributed by atoms with E-state index in [2.05, 4.69) is 11.5 Å². The van der Waals surface area contributed by atoms with Gasteiger partial charge in [0.15, 0.2) is 5.79 Å². The van der Waals surface area contributed by atoms with Gasteiger partial charge in [0.1, 0.15) is 0 Å². The maximum absolute atomic E-state index is 8.44. The molecule has 66 valence electrons. The Hall–Kier alpha value is -0.380. The Kier molecular flexibility index (Phi) is 4.33. The van der Waals surface area contributed by atoms with E-state index < -0.39 is 5.79 Å². The van der Waals surface area contributed by atoms with Crippen molar-refractivity contribution in [2.45, 2.75) is 32.5 Å². The summed E-state index contributed by atoms with van der Waals surface area (Å²) in [6, 6.07) is 0. The van der Waals surface area contributed by atoms with Crippen molar-refractivity contribution >= 4 is 0 Å². The summed E-state index contributed by atoms with van der Waals surface area (Å²) >= 11 is 0. The predicted octanol–water partition coefficient (Wildman–Crippen LogP) is 2.19. The zero-order valence-electron chi connectivity index (χ0n) is 7.39. The molecule has 0 amide bonds. The van der Waals surface area contributed by atoms with Crippen LogP contribution in [0.2, 0.25) is 0 Å². The van der Waals surface area contributed by atoms with Crippen LogP contribution >= 0.6 is 0 Å². The van der Waals surface area contributed by atoms with Crippen LogP contribution < -0.4 is 0 Å². The van der Waals surface area contributed by atoms with Crippen molar-refractivity contribution in [3.63, 3.8) is 0 Å². The van der Waals surface area contributed by atoms with Gasteiger partial charge < -0.3 is 4.74 Å². The van der Waals surface area contributed by atoms with Crippen molar-refractivity contribution in [2.24, 2.45) is 0 Å². The minimum Gasteiger partial charge on any atom is -0.351 e. The van der Waals surface area contributed by atoms with Gasteiger partial charge in [0.25, 0.3) is 0 Å². The Morgan fingerprint density at radius 3 is 2.45 bits per heavy atom. The second kappa shape index (κ2) is 4.49.